The van der Waals surface area contributed by atoms with Gasteiger partial charge in [0.25, 0.3) is 0 Å². The molecular weight excluding hydrogens is 797 g/mol. The number of aliphatic hydroxyl groups is 4. The lowest BCUT2D eigenvalue weighted by molar-refractivity contribution is -0.305. The smallest absolute Gasteiger partial charge is 0.306 e. The van der Waals surface area contributed by atoms with E-state index in [4.69, 9.17) is 18.9 Å². The summed E-state index contributed by atoms with van der Waals surface area (Å²) in [5, 5.41) is 40.2. The van der Waals surface area contributed by atoms with Gasteiger partial charge in [-0.1, -0.05) is 202 Å². The average Bonchev–Trinajstić information content (AvgIpc) is 3.28. The molecule has 0 aromatic carbocycles. The van der Waals surface area contributed by atoms with E-state index in [1.165, 1.54) is 103 Å². The second kappa shape index (κ2) is 43.1. The van der Waals surface area contributed by atoms with Crippen molar-refractivity contribution in [1.82, 2.24) is 0 Å². The molecule has 1 aliphatic heterocycles. The molecule has 10 heteroatoms. The Morgan fingerprint density at radius 2 is 0.937 bits per heavy atom. The lowest BCUT2D eigenvalue weighted by atomic mass is 9.99. The zero-order chi connectivity index (χ0) is 45.9. The monoisotopic (exact) mass is 887 g/mol. The van der Waals surface area contributed by atoms with Gasteiger partial charge in [0.15, 0.2) is 12.4 Å². The number of rotatable bonds is 41. The number of ether oxygens (including phenoxy) is 4. The normalized spacial score (nSPS) is 20.1. The summed E-state index contributed by atoms with van der Waals surface area (Å²) >= 11 is 0. The summed E-state index contributed by atoms with van der Waals surface area (Å²) in [7, 11) is 0. The lowest BCUT2D eigenvalue weighted by Crippen LogP contribution is -2.59. The maximum Gasteiger partial charge on any atom is 0.306 e. The maximum absolute atomic E-state index is 12.8. The van der Waals surface area contributed by atoms with E-state index in [2.05, 4.69) is 74.6 Å². The van der Waals surface area contributed by atoms with Crippen molar-refractivity contribution in [3.8, 4) is 0 Å². The van der Waals surface area contributed by atoms with Gasteiger partial charge in [-0.05, 0) is 51.4 Å². The Morgan fingerprint density at radius 3 is 1.38 bits per heavy atom. The highest BCUT2D eigenvalue weighted by molar-refractivity contribution is 5.70. The number of carbonyl (C=O) groups excluding carboxylic acids is 2. The minimum atomic E-state index is -1.61. The maximum atomic E-state index is 12.8. The van der Waals surface area contributed by atoms with E-state index in [1.807, 2.05) is 12.2 Å². The third kappa shape index (κ3) is 34.2. The number of unbranched alkanes of at least 4 members (excludes halogenated alkanes) is 18. The minimum Gasteiger partial charge on any atom is -0.462 e. The van der Waals surface area contributed by atoms with Crippen LogP contribution in [0.4, 0.5) is 0 Å². The summed E-state index contributed by atoms with van der Waals surface area (Å²) in [6, 6.07) is 0. The highest BCUT2D eigenvalue weighted by atomic mass is 16.7. The molecule has 0 saturated carbocycles. The van der Waals surface area contributed by atoms with Crippen LogP contribution in [0.15, 0.2) is 72.9 Å². The molecule has 6 atom stereocenters. The van der Waals surface area contributed by atoms with Crippen molar-refractivity contribution in [3.63, 3.8) is 0 Å². The summed E-state index contributed by atoms with van der Waals surface area (Å²) in [5.74, 6) is -0.902. The minimum absolute atomic E-state index is 0.103. The molecule has 0 spiro atoms. The fourth-order valence-corrected chi connectivity index (χ4v) is 7.21. The predicted octanol–water partition coefficient (Wildman–Crippen LogP) is 11.6. The van der Waals surface area contributed by atoms with Crippen LogP contribution in [0, 0.1) is 0 Å². The van der Waals surface area contributed by atoms with Crippen LogP contribution in [0.25, 0.3) is 0 Å². The van der Waals surface area contributed by atoms with Crippen molar-refractivity contribution >= 4 is 11.9 Å². The number of hydrogen-bond donors (Lipinski definition) is 4. The third-order valence-corrected chi connectivity index (χ3v) is 11.1. The Kier molecular flexibility index (Phi) is 39.7. The molecule has 0 bridgehead atoms. The van der Waals surface area contributed by atoms with Crippen LogP contribution in [0.1, 0.15) is 194 Å². The Hall–Kier alpha value is -2.86. The first kappa shape index (κ1) is 58.2. The Balaban J connectivity index is 2.33. The van der Waals surface area contributed by atoms with Gasteiger partial charge in [0.05, 0.1) is 13.2 Å². The number of allylic oxidation sites excluding steroid dienone is 12. The van der Waals surface area contributed by atoms with Crippen molar-refractivity contribution in [2.24, 2.45) is 0 Å². The largest absolute Gasteiger partial charge is 0.462 e. The van der Waals surface area contributed by atoms with Crippen LogP contribution < -0.4 is 0 Å². The first-order valence-electron chi connectivity index (χ1n) is 25.0. The quantitative estimate of drug-likeness (QED) is 0.0265. The molecule has 362 valence electrons. The zero-order valence-corrected chi connectivity index (χ0v) is 39.6. The highest BCUT2D eigenvalue weighted by Gasteiger charge is 2.44. The third-order valence-electron chi connectivity index (χ3n) is 11.1. The Labute approximate surface area is 383 Å². The van der Waals surface area contributed by atoms with Crippen LogP contribution in [0.5, 0.6) is 0 Å². The molecule has 1 fully saturated rings. The lowest BCUT2D eigenvalue weighted by Gasteiger charge is -2.39. The highest BCUT2D eigenvalue weighted by Crippen LogP contribution is 2.23. The molecule has 1 saturated heterocycles. The first-order chi connectivity index (χ1) is 30.8. The topological polar surface area (TPSA) is 152 Å². The SMILES string of the molecule is CC/C=C\C/C=C\C/C=C\C/C=C\C/C=C\C/C=C\CCC(=O)OC(COC(=O)CCCCCCCCCCCCCCCCCCCCC)COC1OC(CO)C(O)C(O)C1O. The van der Waals surface area contributed by atoms with Gasteiger partial charge in [-0.3, -0.25) is 9.59 Å². The molecule has 0 aliphatic carbocycles. The van der Waals surface area contributed by atoms with Gasteiger partial charge in [-0.15, -0.1) is 0 Å². The van der Waals surface area contributed by atoms with Gasteiger partial charge in [0.2, 0.25) is 0 Å². The molecule has 6 unspecified atom stereocenters. The Bertz CT molecular complexity index is 1250. The van der Waals surface area contributed by atoms with Crippen molar-refractivity contribution in [3.05, 3.63) is 72.9 Å². The fourth-order valence-electron chi connectivity index (χ4n) is 7.21. The van der Waals surface area contributed by atoms with Crippen LogP contribution >= 0.6 is 0 Å². The zero-order valence-electron chi connectivity index (χ0n) is 39.6. The molecule has 1 rings (SSSR count). The molecule has 4 N–H and O–H groups in total. The van der Waals surface area contributed by atoms with E-state index in [9.17, 15) is 30.0 Å². The van der Waals surface area contributed by atoms with Gasteiger partial charge in [-0.2, -0.15) is 0 Å². The summed E-state index contributed by atoms with van der Waals surface area (Å²) in [6.07, 6.45) is 47.8. The standard InChI is InChI=1S/C53H90O10/c1-3-5-7-9-11-13-15-17-19-21-23-25-27-29-31-33-35-37-39-41-48(55)60-44-46(45-61-53-52(59)51(58)50(57)47(43-54)63-53)62-49(56)42-40-38-36-34-32-30-28-26-24-22-20-18-16-14-12-10-8-6-4-2/h6,8,12,14,18,20,24,26,30,32,36,38,46-47,50-54,57-59H,3-5,7,9-11,13,15-17,19,21-23,25,27-29,31,33-35,37,39-45H2,1-2H3/b8-6-,14-12-,20-18-,26-24-,32-30-,38-36-. The van der Waals surface area contributed by atoms with E-state index in [1.54, 1.807) is 0 Å². The molecular formula is C53H90O10. The fraction of sp³-hybridized carbons (Fsp3) is 0.736. The predicted molar refractivity (Wildman–Crippen MR) is 256 cm³/mol. The molecule has 0 amide bonds. The van der Waals surface area contributed by atoms with Crippen molar-refractivity contribution < 1.29 is 49.0 Å². The average molecular weight is 887 g/mol. The summed E-state index contributed by atoms with van der Waals surface area (Å²) < 4.78 is 22.1. The van der Waals surface area contributed by atoms with Gasteiger partial charge < -0.3 is 39.4 Å². The van der Waals surface area contributed by atoms with Gasteiger partial charge in [0, 0.05) is 12.8 Å². The Morgan fingerprint density at radius 1 is 0.508 bits per heavy atom. The van der Waals surface area contributed by atoms with E-state index in [-0.39, 0.29) is 26.1 Å². The second-order valence-corrected chi connectivity index (χ2v) is 16.9. The van der Waals surface area contributed by atoms with E-state index in [0.717, 1.165) is 57.8 Å². The molecule has 0 aromatic heterocycles. The van der Waals surface area contributed by atoms with Crippen molar-refractivity contribution in [2.45, 2.75) is 230 Å². The first-order valence-corrected chi connectivity index (χ1v) is 25.0. The van der Waals surface area contributed by atoms with Crippen molar-refractivity contribution in [2.75, 3.05) is 19.8 Å². The molecule has 10 nitrogen and oxygen atoms in total. The molecule has 0 radical (unpaired) electrons. The van der Waals surface area contributed by atoms with E-state index < -0.39 is 55.4 Å². The van der Waals surface area contributed by atoms with E-state index >= 15 is 0 Å². The summed E-state index contributed by atoms with van der Waals surface area (Å²) in [4.78, 5) is 25.4. The number of esters is 2. The van der Waals surface area contributed by atoms with Crippen LogP contribution in [-0.4, -0.2) is 89.0 Å². The number of hydrogen-bond acceptors (Lipinski definition) is 10. The second-order valence-electron chi connectivity index (χ2n) is 16.9. The molecule has 0 aromatic rings. The van der Waals surface area contributed by atoms with Crippen LogP contribution in [0.3, 0.4) is 0 Å². The summed E-state index contributed by atoms with van der Waals surface area (Å²) in [6.45, 7) is 3.25. The number of carbonyl (C=O) groups is 2. The molecule has 63 heavy (non-hydrogen) atoms. The number of aliphatic hydroxyl groups excluding tert-OH is 4. The molecule has 1 heterocycles. The summed E-state index contributed by atoms with van der Waals surface area (Å²) in [5.41, 5.74) is 0. The van der Waals surface area contributed by atoms with E-state index in [0.29, 0.717) is 6.42 Å². The van der Waals surface area contributed by atoms with Crippen LogP contribution in [-0.2, 0) is 28.5 Å². The van der Waals surface area contributed by atoms with Gasteiger partial charge >= 0.3 is 11.9 Å². The van der Waals surface area contributed by atoms with Gasteiger partial charge in [0.1, 0.15) is 31.0 Å². The molecule has 1 aliphatic rings. The van der Waals surface area contributed by atoms with Gasteiger partial charge in [-0.25, -0.2) is 0 Å². The van der Waals surface area contributed by atoms with Crippen molar-refractivity contribution in [1.29, 1.82) is 0 Å². The van der Waals surface area contributed by atoms with Crippen LogP contribution in [0.2, 0.25) is 0 Å².